The molecule has 1 heterocycles. The summed E-state index contributed by atoms with van der Waals surface area (Å²) in [4.78, 5) is 23.0. The summed E-state index contributed by atoms with van der Waals surface area (Å²) >= 11 is 1.29. The summed E-state index contributed by atoms with van der Waals surface area (Å²) in [5.74, 6) is 0.402. The van der Waals surface area contributed by atoms with E-state index in [2.05, 4.69) is 0 Å². The molecule has 0 atom stereocenters. The van der Waals surface area contributed by atoms with Crippen LogP contribution in [0.4, 0.5) is 0 Å². The maximum atomic E-state index is 11.7. The molecule has 1 fully saturated rings. The average Bonchev–Trinajstić information content (AvgIpc) is 2.65. The predicted molar refractivity (Wildman–Crippen MR) is 54.7 cm³/mol. The quantitative estimate of drug-likeness (QED) is 0.519. The first-order chi connectivity index (χ1) is 6.79. The van der Waals surface area contributed by atoms with Crippen LogP contribution in [0.15, 0.2) is 30.3 Å². The molecular formula is C10H9NO2S. The van der Waals surface area contributed by atoms with Crippen molar-refractivity contribution in [2.75, 3.05) is 5.75 Å². The number of imide groups is 1. The molecule has 1 saturated heterocycles. The van der Waals surface area contributed by atoms with E-state index in [1.54, 1.807) is 24.3 Å². The highest BCUT2D eigenvalue weighted by atomic mass is 32.2. The third-order valence-electron chi connectivity index (χ3n) is 1.97. The molecule has 0 bridgehead atoms. The van der Waals surface area contributed by atoms with Gasteiger partial charge in [0.2, 0.25) is 5.91 Å². The number of carbonyl (C=O) groups is 2. The summed E-state index contributed by atoms with van der Waals surface area (Å²) in [5, 5.41) is 0. The van der Waals surface area contributed by atoms with Crippen LogP contribution in [0.3, 0.4) is 0 Å². The van der Waals surface area contributed by atoms with Gasteiger partial charge in [0.05, 0.1) is 0 Å². The Balaban J connectivity index is 2.20. The molecule has 1 aromatic rings. The summed E-state index contributed by atoms with van der Waals surface area (Å²) in [6, 6.07) is 8.86. The van der Waals surface area contributed by atoms with E-state index in [1.807, 2.05) is 6.07 Å². The number of nitrogens with zero attached hydrogens (tertiary/aromatic N) is 1. The van der Waals surface area contributed by atoms with Crippen molar-refractivity contribution >= 4 is 23.8 Å². The van der Waals surface area contributed by atoms with Gasteiger partial charge in [0.1, 0.15) is 0 Å². The second kappa shape index (κ2) is 3.84. The van der Waals surface area contributed by atoms with Crippen LogP contribution in [-0.4, -0.2) is 21.9 Å². The van der Waals surface area contributed by atoms with Crippen LogP contribution >= 0.6 is 11.9 Å². The predicted octanol–water partition coefficient (Wildman–Crippen LogP) is 1.71. The van der Waals surface area contributed by atoms with Crippen LogP contribution < -0.4 is 0 Å². The van der Waals surface area contributed by atoms with Crippen molar-refractivity contribution in [1.29, 1.82) is 0 Å². The molecule has 0 saturated carbocycles. The van der Waals surface area contributed by atoms with E-state index < -0.39 is 0 Å². The molecule has 2 rings (SSSR count). The lowest BCUT2D eigenvalue weighted by Gasteiger charge is -2.11. The van der Waals surface area contributed by atoms with Gasteiger partial charge < -0.3 is 0 Å². The molecule has 0 aliphatic carbocycles. The van der Waals surface area contributed by atoms with Gasteiger partial charge in [0.15, 0.2) is 0 Å². The second-order valence-electron chi connectivity index (χ2n) is 2.94. The number of hydrogen-bond donors (Lipinski definition) is 0. The fraction of sp³-hybridized carbons (Fsp3) is 0.200. The lowest BCUT2D eigenvalue weighted by atomic mass is 10.2. The number of amides is 2. The molecule has 1 aliphatic rings. The van der Waals surface area contributed by atoms with Crippen LogP contribution in [0, 0.1) is 0 Å². The Morgan fingerprint density at radius 2 is 2.00 bits per heavy atom. The molecule has 0 N–H and O–H groups in total. The maximum Gasteiger partial charge on any atom is 0.270 e. The van der Waals surface area contributed by atoms with Crippen molar-refractivity contribution in [3.63, 3.8) is 0 Å². The molecule has 0 unspecified atom stereocenters. The van der Waals surface area contributed by atoms with Gasteiger partial charge in [-0.3, -0.25) is 9.59 Å². The summed E-state index contributed by atoms with van der Waals surface area (Å²) < 4.78 is 1.25. The Morgan fingerprint density at radius 1 is 1.29 bits per heavy atom. The van der Waals surface area contributed by atoms with Gasteiger partial charge in [-0.1, -0.05) is 18.2 Å². The Kier molecular flexibility index (Phi) is 2.54. The first kappa shape index (κ1) is 9.27. The largest absolute Gasteiger partial charge is 0.273 e. The van der Waals surface area contributed by atoms with Crippen molar-refractivity contribution in [3.8, 4) is 0 Å². The number of carbonyl (C=O) groups excluding carboxylic acids is 2. The van der Waals surface area contributed by atoms with Gasteiger partial charge in [-0.05, 0) is 24.1 Å². The van der Waals surface area contributed by atoms with Gasteiger partial charge in [-0.2, -0.15) is 0 Å². The first-order valence-electron chi connectivity index (χ1n) is 4.34. The van der Waals surface area contributed by atoms with Crippen molar-refractivity contribution in [2.24, 2.45) is 0 Å². The fourth-order valence-corrected chi connectivity index (χ4v) is 2.17. The third-order valence-corrected chi connectivity index (χ3v) is 2.98. The Labute approximate surface area is 86.2 Å². The molecule has 72 valence electrons. The van der Waals surface area contributed by atoms with Crippen LogP contribution in [0.1, 0.15) is 16.8 Å². The molecule has 0 aromatic heterocycles. The second-order valence-corrected chi connectivity index (χ2v) is 3.97. The van der Waals surface area contributed by atoms with E-state index in [9.17, 15) is 9.59 Å². The molecular weight excluding hydrogens is 198 g/mol. The molecule has 4 heteroatoms. The van der Waals surface area contributed by atoms with Gasteiger partial charge >= 0.3 is 0 Å². The van der Waals surface area contributed by atoms with Crippen LogP contribution in [0.25, 0.3) is 0 Å². The van der Waals surface area contributed by atoms with Crippen molar-refractivity contribution in [3.05, 3.63) is 35.9 Å². The summed E-state index contributed by atoms with van der Waals surface area (Å²) in [5.41, 5.74) is 0.565. The van der Waals surface area contributed by atoms with Crippen molar-refractivity contribution in [2.45, 2.75) is 6.42 Å². The van der Waals surface area contributed by atoms with Crippen molar-refractivity contribution in [1.82, 2.24) is 4.31 Å². The summed E-state index contributed by atoms with van der Waals surface area (Å²) in [6.45, 7) is 0. The first-order valence-corrected chi connectivity index (χ1v) is 5.28. The minimum Gasteiger partial charge on any atom is -0.273 e. The van der Waals surface area contributed by atoms with E-state index in [0.29, 0.717) is 17.7 Å². The topological polar surface area (TPSA) is 37.4 Å². The normalized spacial score (nSPS) is 16.0. The minimum atomic E-state index is -0.210. The molecule has 3 nitrogen and oxygen atoms in total. The summed E-state index contributed by atoms with van der Waals surface area (Å²) in [7, 11) is 0. The SMILES string of the molecule is O=C1CCSN1C(=O)c1ccccc1. The molecule has 1 aliphatic heterocycles. The molecule has 0 spiro atoms. The number of rotatable bonds is 1. The Hall–Kier alpha value is -1.29. The maximum absolute atomic E-state index is 11.7. The van der Waals surface area contributed by atoms with Crippen LogP contribution in [-0.2, 0) is 4.79 Å². The summed E-state index contributed by atoms with van der Waals surface area (Å²) in [6.07, 6.45) is 0.462. The van der Waals surface area contributed by atoms with Crippen molar-refractivity contribution < 1.29 is 9.59 Å². The molecule has 1 aromatic carbocycles. The lowest BCUT2D eigenvalue weighted by Crippen LogP contribution is -2.26. The monoisotopic (exact) mass is 207 g/mol. The van der Waals surface area contributed by atoms with E-state index in [-0.39, 0.29) is 11.8 Å². The standard InChI is InChI=1S/C10H9NO2S/c12-9-6-7-14-11(9)10(13)8-4-2-1-3-5-8/h1-5H,6-7H2. The zero-order valence-corrected chi connectivity index (χ0v) is 8.29. The van der Waals surface area contributed by atoms with Gasteiger partial charge in [-0.15, -0.1) is 0 Å². The highest BCUT2D eigenvalue weighted by Gasteiger charge is 2.28. The molecule has 2 amide bonds. The van der Waals surface area contributed by atoms with E-state index in [1.165, 1.54) is 16.3 Å². The van der Waals surface area contributed by atoms with E-state index >= 15 is 0 Å². The number of hydrogen-bond acceptors (Lipinski definition) is 3. The average molecular weight is 207 g/mol. The smallest absolute Gasteiger partial charge is 0.270 e. The number of benzene rings is 1. The Bertz CT molecular complexity index is 364. The molecule has 0 radical (unpaired) electrons. The zero-order chi connectivity index (χ0) is 9.97. The highest BCUT2D eigenvalue weighted by molar-refractivity contribution is 7.98. The highest BCUT2D eigenvalue weighted by Crippen LogP contribution is 2.23. The van der Waals surface area contributed by atoms with Gasteiger partial charge in [0.25, 0.3) is 5.91 Å². The fourth-order valence-electron chi connectivity index (χ4n) is 1.27. The molecule has 14 heavy (non-hydrogen) atoms. The van der Waals surface area contributed by atoms with Crippen LogP contribution in [0.5, 0.6) is 0 Å². The van der Waals surface area contributed by atoms with E-state index in [4.69, 9.17) is 0 Å². The van der Waals surface area contributed by atoms with Gasteiger partial charge in [-0.25, -0.2) is 4.31 Å². The Morgan fingerprint density at radius 3 is 2.57 bits per heavy atom. The van der Waals surface area contributed by atoms with E-state index in [0.717, 1.165) is 0 Å². The third kappa shape index (κ3) is 1.65. The van der Waals surface area contributed by atoms with Gasteiger partial charge in [0, 0.05) is 17.7 Å². The zero-order valence-electron chi connectivity index (χ0n) is 7.47. The minimum absolute atomic E-state index is 0.0937. The lowest BCUT2D eigenvalue weighted by molar-refractivity contribution is -0.123. The van der Waals surface area contributed by atoms with Crippen LogP contribution in [0.2, 0.25) is 0 Å².